The molecular formula is C24H17ClN2O. The smallest absolute Gasteiger partial charge is 0.262 e. The first-order valence-electron chi connectivity index (χ1n) is 9.15. The van der Waals surface area contributed by atoms with Crippen molar-refractivity contribution in [1.29, 1.82) is 0 Å². The second kappa shape index (κ2) is 6.70. The number of benzene rings is 4. The van der Waals surface area contributed by atoms with Crippen molar-refractivity contribution in [3.63, 3.8) is 0 Å². The van der Waals surface area contributed by atoms with E-state index < -0.39 is 0 Å². The van der Waals surface area contributed by atoms with Gasteiger partial charge < -0.3 is 5.32 Å². The van der Waals surface area contributed by atoms with Crippen LogP contribution in [0, 0.1) is 0 Å². The molecule has 1 aliphatic heterocycles. The Morgan fingerprint density at radius 3 is 2.36 bits per heavy atom. The van der Waals surface area contributed by atoms with Gasteiger partial charge in [-0.15, -0.1) is 0 Å². The van der Waals surface area contributed by atoms with E-state index in [1.54, 1.807) is 4.90 Å². The van der Waals surface area contributed by atoms with Gasteiger partial charge in [-0.2, -0.15) is 0 Å². The Bertz CT molecular complexity index is 1180. The topological polar surface area (TPSA) is 32.3 Å². The predicted octanol–water partition coefficient (Wildman–Crippen LogP) is 6.26. The van der Waals surface area contributed by atoms with Crippen LogP contribution in [0.4, 0.5) is 11.4 Å². The van der Waals surface area contributed by atoms with Crippen molar-refractivity contribution in [1.82, 2.24) is 0 Å². The molecule has 3 nitrogen and oxygen atoms in total. The summed E-state index contributed by atoms with van der Waals surface area (Å²) in [6.45, 7) is 0. The monoisotopic (exact) mass is 384 g/mol. The number of rotatable bonds is 2. The summed E-state index contributed by atoms with van der Waals surface area (Å²) in [5.74, 6) is -0.0328. The second-order valence-corrected chi connectivity index (χ2v) is 7.25. The molecule has 0 saturated carbocycles. The fraction of sp³-hybridized carbons (Fsp3) is 0.0417. The highest BCUT2D eigenvalue weighted by Crippen LogP contribution is 2.39. The highest BCUT2D eigenvalue weighted by molar-refractivity contribution is 6.30. The first-order valence-corrected chi connectivity index (χ1v) is 9.52. The molecule has 1 heterocycles. The molecule has 5 rings (SSSR count). The molecule has 1 atom stereocenters. The summed E-state index contributed by atoms with van der Waals surface area (Å²) < 4.78 is 0. The van der Waals surface area contributed by atoms with E-state index in [1.165, 1.54) is 0 Å². The van der Waals surface area contributed by atoms with Crippen LogP contribution in [0.2, 0.25) is 5.02 Å². The van der Waals surface area contributed by atoms with E-state index in [4.69, 9.17) is 11.6 Å². The average molecular weight is 385 g/mol. The van der Waals surface area contributed by atoms with Crippen molar-refractivity contribution < 1.29 is 4.79 Å². The number of amides is 1. The molecule has 0 saturated heterocycles. The van der Waals surface area contributed by atoms with E-state index in [0.717, 1.165) is 27.7 Å². The maximum absolute atomic E-state index is 13.5. The number of carbonyl (C=O) groups is 1. The molecular weight excluding hydrogens is 368 g/mol. The van der Waals surface area contributed by atoms with Gasteiger partial charge in [-0.1, -0.05) is 66.2 Å². The molecule has 4 aromatic rings. The van der Waals surface area contributed by atoms with Gasteiger partial charge in [-0.25, -0.2) is 0 Å². The van der Waals surface area contributed by atoms with Gasteiger partial charge in [0.25, 0.3) is 5.91 Å². The molecule has 0 aromatic heterocycles. The summed E-state index contributed by atoms with van der Waals surface area (Å²) in [5, 5.41) is 6.47. The van der Waals surface area contributed by atoms with E-state index >= 15 is 0 Å². The standard InChI is InChI=1S/C24H17ClN2O/c25-17-12-14-18(15-13-17)27-23(26-22-11-4-3-9-21(22)24(27)28)20-10-5-7-16-6-1-2-8-19(16)20/h1-15,23,26H/t23-/m1/s1. The van der Waals surface area contributed by atoms with Crippen LogP contribution in [0.5, 0.6) is 0 Å². The largest absolute Gasteiger partial charge is 0.360 e. The first kappa shape index (κ1) is 16.8. The highest BCUT2D eigenvalue weighted by Gasteiger charge is 2.34. The van der Waals surface area contributed by atoms with Gasteiger partial charge in [0.1, 0.15) is 6.17 Å². The third kappa shape index (κ3) is 2.72. The zero-order valence-corrected chi connectivity index (χ0v) is 15.7. The van der Waals surface area contributed by atoms with Crippen molar-refractivity contribution in [2.45, 2.75) is 6.17 Å². The van der Waals surface area contributed by atoms with Crippen LogP contribution in [-0.2, 0) is 0 Å². The van der Waals surface area contributed by atoms with Crippen molar-refractivity contribution in [3.05, 3.63) is 107 Å². The Kier molecular flexibility index (Phi) is 4.03. The summed E-state index contributed by atoms with van der Waals surface area (Å²) in [6.07, 6.45) is -0.324. The van der Waals surface area contributed by atoms with Gasteiger partial charge in [-0.3, -0.25) is 9.69 Å². The molecule has 0 aliphatic carbocycles. The maximum atomic E-state index is 13.5. The minimum Gasteiger partial charge on any atom is -0.360 e. The molecule has 0 spiro atoms. The number of nitrogens with zero attached hydrogens (tertiary/aromatic N) is 1. The van der Waals surface area contributed by atoms with E-state index in [-0.39, 0.29) is 12.1 Å². The van der Waals surface area contributed by atoms with Gasteiger partial charge in [0.2, 0.25) is 0 Å². The molecule has 28 heavy (non-hydrogen) atoms. The molecule has 0 bridgehead atoms. The van der Waals surface area contributed by atoms with Crippen LogP contribution >= 0.6 is 11.6 Å². The summed E-state index contributed by atoms with van der Waals surface area (Å²) >= 11 is 6.08. The fourth-order valence-electron chi connectivity index (χ4n) is 3.83. The number of hydrogen-bond donors (Lipinski definition) is 1. The average Bonchev–Trinajstić information content (AvgIpc) is 2.74. The zero-order valence-electron chi connectivity index (χ0n) is 15.0. The predicted molar refractivity (Wildman–Crippen MR) is 115 cm³/mol. The number of nitrogens with one attached hydrogen (secondary N) is 1. The van der Waals surface area contributed by atoms with Gasteiger partial charge >= 0.3 is 0 Å². The Morgan fingerprint density at radius 2 is 1.50 bits per heavy atom. The van der Waals surface area contributed by atoms with Crippen LogP contribution in [-0.4, -0.2) is 5.91 Å². The summed E-state index contributed by atoms with van der Waals surface area (Å²) in [4.78, 5) is 15.3. The number of para-hydroxylation sites is 1. The Hall–Kier alpha value is -3.30. The molecule has 1 N–H and O–H groups in total. The number of anilines is 2. The van der Waals surface area contributed by atoms with Crippen LogP contribution < -0.4 is 10.2 Å². The van der Waals surface area contributed by atoms with Gasteiger partial charge in [0.05, 0.1) is 5.56 Å². The number of hydrogen-bond acceptors (Lipinski definition) is 2. The van der Waals surface area contributed by atoms with Crippen molar-refractivity contribution in [2.75, 3.05) is 10.2 Å². The maximum Gasteiger partial charge on any atom is 0.262 e. The summed E-state index contributed by atoms with van der Waals surface area (Å²) in [5.41, 5.74) is 3.36. The normalized spacial score (nSPS) is 16.0. The third-order valence-electron chi connectivity index (χ3n) is 5.15. The zero-order chi connectivity index (χ0) is 19.1. The van der Waals surface area contributed by atoms with E-state index in [9.17, 15) is 4.79 Å². The molecule has 4 aromatic carbocycles. The number of fused-ring (bicyclic) bond motifs is 2. The van der Waals surface area contributed by atoms with Crippen molar-refractivity contribution in [2.24, 2.45) is 0 Å². The molecule has 0 fully saturated rings. The van der Waals surface area contributed by atoms with E-state index in [1.807, 2.05) is 66.7 Å². The molecule has 0 unspecified atom stereocenters. The lowest BCUT2D eigenvalue weighted by atomic mass is 9.98. The number of halogens is 1. The highest BCUT2D eigenvalue weighted by atomic mass is 35.5. The lowest BCUT2D eigenvalue weighted by Gasteiger charge is -2.38. The number of carbonyl (C=O) groups excluding carboxylic acids is 1. The van der Waals surface area contributed by atoms with Crippen LogP contribution in [0.25, 0.3) is 10.8 Å². The van der Waals surface area contributed by atoms with Crippen LogP contribution in [0.3, 0.4) is 0 Å². The Labute approximate surface area is 168 Å². The quantitative estimate of drug-likeness (QED) is 0.442. The van der Waals surface area contributed by atoms with E-state index in [2.05, 4.69) is 29.6 Å². The molecule has 0 radical (unpaired) electrons. The van der Waals surface area contributed by atoms with E-state index in [0.29, 0.717) is 10.6 Å². The van der Waals surface area contributed by atoms with Gasteiger partial charge in [0.15, 0.2) is 0 Å². The Morgan fingerprint density at radius 1 is 0.786 bits per heavy atom. The molecule has 1 amide bonds. The van der Waals surface area contributed by atoms with Crippen LogP contribution in [0.15, 0.2) is 91.0 Å². The summed E-state index contributed by atoms with van der Waals surface area (Å²) in [7, 11) is 0. The summed E-state index contributed by atoms with van der Waals surface area (Å²) in [6, 6.07) is 29.4. The third-order valence-corrected chi connectivity index (χ3v) is 5.40. The van der Waals surface area contributed by atoms with Gasteiger partial charge in [-0.05, 0) is 47.2 Å². The minimum atomic E-state index is -0.324. The van der Waals surface area contributed by atoms with Crippen molar-refractivity contribution >= 4 is 39.7 Å². The fourth-order valence-corrected chi connectivity index (χ4v) is 3.95. The second-order valence-electron chi connectivity index (χ2n) is 6.81. The molecule has 1 aliphatic rings. The lowest BCUT2D eigenvalue weighted by Crippen LogP contribution is -2.43. The lowest BCUT2D eigenvalue weighted by molar-refractivity contribution is 0.0975. The molecule has 136 valence electrons. The van der Waals surface area contributed by atoms with Crippen molar-refractivity contribution in [3.8, 4) is 0 Å². The molecule has 4 heteroatoms. The van der Waals surface area contributed by atoms with Crippen LogP contribution in [0.1, 0.15) is 22.1 Å². The van der Waals surface area contributed by atoms with Gasteiger partial charge in [0, 0.05) is 22.0 Å². The minimum absolute atomic E-state index is 0.0328. The first-order chi connectivity index (χ1) is 13.7. The Balaban J connectivity index is 1.73. The SMILES string of the molecule is O=C1c2ccccc2N[C@@H](c2cccc3ccccc23)N1c1ccc(Cl)cc1.